The third-order valence-corrected chi connectivity index (χ3v) is 4.11. The maximum atomic E-state index is 12.1. The van der Waals surface area contributed by atoms with E-state index in [1.165, 1.54) is 18.3 Å². The van der Waals surface area contributed by atoms with Crippen molar-refractivity contribution in [2.45, 2.75) is 11.8 Å². The molecule has 2 rings (SSSR count). The average Bonchev–Trinajstić information content (AvgIpc) is 2.34. The predicted octanol–water partition coefficient (Wildman–Crippen LogP) is 2.89. The second kappa shape index (κ2) is 5.32. The average molecular weight is 318 g/mol. The summed E-state index contributed by atoms with van der Waals surface area (Å²) >= 11 is 11.5. The van der Waals surface area contributed by atoms with E-state index >= 15 is 0 Å². The summed E-state index contributed by atoms with van der Waals surface area (Å²) in [4.78, 5) is 7.59. The predicted molar refractivity (Wildman–Crippen MR) is 74.0 cm³/mol. The van der Waals surface area contributed by atoms with Crippen LogP contribution in [0.2, 0.25) is 10.3 Å². The van der Waals surface area contributed by atoms with E-state index in [2.05, 4.69) is 14.7 Å². The Morgan fingerprint density at radius 1 is 1.16 bits per heavy atom. The highest BCUT2D eigenvalue weighted by atomic mass is 35.5. The Labute approximate surface area is 120 Å². The molecule has 0 saturated carbocycles. The zero-order valence-corrected chi connectivity index (χ0v) is 12.1. The minimum absolute atomic E-state index is 0.00512. The lowest BCUT2D eigenvalue weighted by atomic mass is 10.3. The van der Waals surface area contributed by atoms with E-state index in [0.29, 0.717) is 0 Å². The molecule has 8 heteroatoms. The summed E-state index contributed by atoms with van der Waals surface area (Å²) in [6, 6.07) is 4.34. The molecule has 0 bridgehead atoms. The van der Waals surface area contributed by atoms with Crippen LogP contribution in [0.4, 0.5) is 5.69 Å². The minimum Gasteiger partial charge on any atom is -0.276 e. The summed E-state index contributed by atoms with van der Waals surface area (Å²) in [6.45, 7) is 1.78. The number of halogens is 2. The van der Waals surface area contributed by atoms with Crippen molar-refractivity contribution in [2.24, 2.45) is 0 Å². The van der Waals surface area contributed by atoms with Crippen molar-refractivity contribution in [1.29, 1.82) is 0 Å². The van der Waals surface area contributed by atoms with Crippen molar-refractivity contribution in [2.75, 3.05) is 4.72 Å². The number of hydrogen-bond donors (Lipinski definition) is 1. The second-order valence-corrected chi connectivity index (χ2v) is 6.20. The van der Waals surface area contributed by atoms with Crippen LogP contribution >= 0.6 is 23.2 Å². The van der Waals surface area contributed by atoms with Crippen LogP contribution in [0, 0.1) is 6.92 Å². The first kappa shape index (κ1) is 14.0. The zero-order valence-electron chi connectivity index (χ0n) is 9.76. The molecule has 0 fully saturated rings. The molecule has 2 aromatic heterocycles. The van der Waals surface area contributed by atoms with Gasteiger partial charge in [-0.05, 0) is 30.7 Å². The summed E-state index contributed by atoms with van der Waals surface area (Å²) in [5.74, 6) is 0. The van der Waals surface area contributed by atoms with Gasteiger partial charge < -0.3 is 0 Å². The molecule has 0 aliphatic rings. The van der Waals surface area contributed by atoms with Crippen molar-refractivity contribution in [3.8, 4) is 0 Å². The molecule has 0 amide bonds. The van der Waals surface area contributed by atoms with Crippen molar-refractivity contribution < 1.29 is 8.42 Å². The molecule has 100 valence electrons. The number of nitrogens with one attached hydrogen (secondary N) is 1. The second-order valence-electron chi connectivity index (χ2n) is 3.77. The largest absolute Gasteiger partial charge is 0.276 e. The summed E-state index contributed by atoms with van der Waals surface area (Å²) in [5.41, 5.74) is 1.01. The maximum Gasteiger partial charge on any atom is 0.263 e. The Balaban J connectivity index is 2.36. The van der Waals surface area contributed by atoms with Gasteiger partial charge in [0.15, 0.2) is 5.15 Å². The fourth-order valence-electron chi connectivity index (χ4n) is 1.35. The Kier molecular flexibility index (Phi) is 3.93. The van der Waals surface area contributed by atoms with Gasteiger partial charge >= 0.3 is 0 Å². The number of pyridine rings is 2. The number of anilines is 1. The topological polar surface area (TPSA) is 72.0 Å². The van der Waals surface area contributed by atoms with Crippen molar-refractivity contribution in [1.82, 2.24) is 9.97 Å². The Morgan fingerprint density at radius 3 is 2.53 bits per heavy atom. The molecule has 1 N–H and O–H groups in total. The van der Waals surface area contributed by atoms with E-state index in [4.69, 9.17) is 23.2 Å². The van der Waals surface area contributed by atoms with Crippen LogP contribution in [0.3, 0.4) is 0 Å². The number of rotatable bonds is 3. The first-order valence-corrected chi connectivity index (χ1v) is 7.39. The fraction of sp³-hybridized carbons (Fsp3) is 0.0909. The summed E-state index contributed by atoms with van der Waals surface area (Å²) in [5, 5.41) is 0.297. The quantitative estimate of drug-likeness (QED) is 0.883. The number of sulfonamides is 1. The lowest BCUT2D eigenvalue weighted by molar-refractivity contribution is 0.601. The Bertz CT molecular complexity index is 702. The molecular weight excluding hydrogens is 309 g/mol. The molecule has 0 saturated heterocycles. The van der Waals surface area contributed by atoms with E-state index < -0.39 is 10.0 Å². The van der Waals surface area contributed by atoms with E-state index in [0.717, 1.165) is 5.56 Å². The van der Waals surface area contributed by atoms with E-state index in [1.807, 2.05) is 0 Å². The van der Waals surface area contributed by atoms with Gasteiger partial charge in [0.05, 0.1) is 5.69 Å². The molecule has 0 aromatic carbocycles. The van der Waals surface area contributed by atoms with Crippen molar-refractivity contribution in [3.63, 3.8) is 0 Å². The van der Waals surface area contributed by atoms with E-state index in [9.17, 15) is 8.42 Å². The SMILES string of the molecule is Cc1cnc(Cl)c(NS(=O)(=O)c2ccc(Cl)nc2)c1. The van der Waals surface area contributed by atoms with Gasteiger partial charge in [0, 0.05) is 12.4 Å². The van der Waals surface area contributed by atoms with Gasteiger partial charge in [-0.1, -0.05) is 23.2 Å². The number of aromatic nitrogens is 2. The molecule has 0 aliphatic heterocycles. The molecule has 2 aromatic rings. The highest BCUT2D eigenvalue weighted by Gasteiger charge is 2.16. The van der Waals surface area contributed by atoms with Crippen LogP contribution in [0.25, 0.3) is 0 Å². The molecule has 0 spiro atoms. The molecule has 0 unspecified atom stereocenters. The highest BCUT2D eigenvalue weighted by molar-refractivity contribution is 7.92. The van der Waals surface area contributed by atoms with Gasteiger partial charge in [-0.15, -0.1) is 0 Å². The highest BCUT2D eigenvalue weighted by Crippen LogP contribution is 2.23. The smallest absolute Gasteiger partial charge is 0.263 e. The normalized spacial score (nSPS) is 11.3. The van der Waals surface area contributed by atoms with E-state index in [-0.39, 0.29) is 20.9 Å². The minimum atomic E-state index is -3.76. The van der Waals surface area contributed by atoms with Crippen LogP contribution in [-0.2, 0) is 10.0 Å². The molecular formula is C11H9Cl2N3O2S. The fourth-order valence-corrected chi connectivity index (χ4v) is 2.67. The third-order valence-electron chi connectivity index (χ3n) is 2.23. The van der Waals surface area contributed by atoms with Crippen molar-refractivity contribution in [3.05, 3.63) is 46.5 Å². The number of hydrogen-bond acceptors (Lipinski definition) is 4. The van der Waals surface area contributed by atoms with Gasteiger partial charge in [0.2, 0.25) is 0 Å². The summed E-state index contributed by atoms with van der Waals surface area (Å²) in [6.07, 6.45) is 2.71. The van der Waals surface area contributed by atoms with Crippen LogP contribution in [-0.4, -0.2) is 18.4 Å². The van der Waals surface area contributed by atoms with Gasteiger partial charge in [-0.25, -0.2) is 18.4 Å². The Hall–Kier alpha value is -1.37. The zero-order chi connectivity index (χ0) is 14.0. The Morgan fingerprint density at radius 2 is 1.89 bits per heavy atom. The van der Waals surface area contributed by atoms with Crippen LogP contribution in [0.15, 0.2) is 35.5 Å². The molecule has 19 heavy (non-hydrogen) atoms. The van der Waals surface area contributed by atoms with Gasteiger partial charge in [0.25, 0.3) is 10.0 Å². The van der Waals surface area contributed by atoms with Gasteiger partial charge in [-0.3, -0.25) is 4.72 Å². The van der Waals surface area contributed by atoms with Crippen LogP contribution in [0.5, 0.6) is 0 Å². The van der Waals surface area contributed by atoms with Crippen LogP contribution in [0.1, 0.15) is 5.56 Å². The monoisotopic (exact) mass is 317 g/mol. The molecule has 5 nitrogen and oxygen atoms in total. The van der Waals surface area contributed by atoms with Gasteiger partial charge in [-0.2, -0.15) is 0 Å². The first-order chi connectivity index (χ1) is 8.88. The number of aryl methyl sites for hydroxylation is 1. The lowest BCUT2D eigenvalue weighted by Crippen LogP contribution is -2.14. The summed E-state index contributed by atoms with van der Waals surface area (Å²) < 4.78 is 26.5. The third kappa shape index (κ3) is 3.34. The first-order valence-electron chi connectivity index (χ1n) is 5.15. The molecule has 0 atom stereocenters. The van der Waals surface area contributed by atoms with Crippen molar-refractivity contribution >= 4 is 38.9 Å². The number of nitrogens with zero attached hydrogens (tertiary/aromatic N) is 2. The molecule has 0 aliphatic carbocycles. The molecule has 2 heterocycles. The standard InChI is InChI=1S/C11H9Cl2N3O2S/c1-7-4-9(11(13)15-5-7)16-19(17,18)8-2-3-10(12)14-6-8/h2-6,16H,1H3. The molecule has 0 radical (unpaired) electrons. The van der Waals surface area contributed by atoms with Gasteiger partial charge in [0.1, 0.15) is 10.0 Å². The van der Waals surface area contributed by atoms with Crippen LogP contribution < -0.4 is 4.72 Å². The van der Waals surface area contributed by atoms with E-state index in [1.54, 1.807) is 19.2 Å². The lowest BCUT2D eigenvalue weighted by Gasteiger charge is -2.09. The maximum absolute atomic E-state index is 12.1. The summed E-state index contributed by atoms with van der Waals surface area (Å²) in [7, 11) is -3.76.